The quantitative estimate of drug-likeness (QED) is 0.718. The van der Waals surface area contributed by atoms with Gasteiger partial charge in [-0.05, 0) is 18.8 Å². The lowest BCUT2D eigenvalue weighted by atomic mass is 9.97. The van der Waals surface area contributed by atoms with Crippen molar-refractivity contribution in [2.75, 3.05) is 5.73 Å². The van der Waals surface area contributed by atoms with Gasteiger partial charge in [0.15, 0.2) is 0 Å². The van der Waals surface area contributed by atoms with Crippen LogP contribution in [0, 0.1) is 0 Å². The highest BCUT2D eigenvalue weighted by Crippen LogP contribution is 2.34. The van der Waals surface area contributed by atoms with Crippen LogP contribution in [0.3, 0.4) is 0 Å². The molecule has 0 saturated heterocycles. The van der Waals surface area contributed by atoms with Crippen molar-refractivity contribution < 1.29 is 0 Å². The number of nitrogens with one attached hydrogen (secondary N) is 1. The molecule has 2 rings (SSSR count). The summed E-state index contributed by atoms with van der Waals surface area (Å²) in [6, 6.07) is 0. The lowest BCUT2D eigenvalue weighted by molar-refractivity contribution is 0.429. The second-order valence-corrected chi connectivity index (χ2v) is 5.23. The average Bonchev–Trinajstić information content (AvgIpc) is 2.64. The monoisotopic (exact) mass is 236 g/mol. The standard InChI is InChI=1S/C12H20N4O/c1-7(2)8-9(13)15-11(16-10(8)17)12(14)5-3-4-6-12/h7H,3-6,14H2,1-2H3,(H3,13,15,16,17). The molecule has 1 aliphatic carbocycles. The molecular weight excluding hydrogens is 216 g/mol. The van der Waals surface area contributed by atoms with Crippen LogP contribution in [-0.2, 0) is 5.54 Å². The molecule has 0 atom stereocenters. The molecule has 0 bridgehead atoms. The van der Waals surface area contributed by atoms with Crippen molar-refractivity contribution >= 4 is 5.82 Å². The number of hydrogen-bond donors (Lipinski definition) is 3. The van der Waals surface area contributed by atoms with E-state index in [4.69, 9.17) is 11.5 Å². The summed E-state index contributed by atoms with van der Waals surface area (Å²) in [5, 5.41) is 0. The molecule has 5 N–H and O–H groups in total. The lowest BCUT2D eigenvalue weighted by Gasteiger charge is -2.23. The Morgan fingerprint density at radius 1 is 1.35 bits per heavy atom. The van der Waals surface area contributed by atoms with Crippen molar-refractivity contribution in [3.63, 3.8) is 0 Å². The molecule has 94 valence electrons. The molecule has 0 amide bonds. The normalized spacial score (nSPS) is 18.8. The molecule has 1 aliphatic rings. The molecule has 0 spiro atoms. The van der Waals surface area contributed by atoms with Crippen LogP contribution in [0.15, 0.2) is 4.79 Å². The Hall–Kier alpha value is -1.36. The minimum absolute atomic E-state index is 0.0672. The zero-order valence-electron chi connectivity index (χ0n) is 10.4. The molecule has 0 radical (unpaired) electrons. The van der Waals surface area contributed by atoms with Crippen LogP contribution in [0.1, 0.15) is 56.8 Å². The Labute approximate surface area is 101 Å². The summed E-state index contributed by atoms with van der Waals surface area (Å²) < 4.78 is 0. The van der Waals surface area contributed by atoms with E-state index in [1.54, 1.807) is 0 Å². The van der Waals surface area contributed by atoms with Crippen LogP contribution in [0.2, 0.25) is 0 Å². The van der Waals surface area contributed by atoms with Crippen LogP contribution < -0.4 is 17.0 Å². The number of nitrogens with zero attached hydrogens (tertiary/aromatic N) is 1. The third kappa shape index (κ3) is 2.07. The first kappa shape index (κ1) is 12.1. The second kappa shape index (κ2) is 4.14. The van der Waals surface area contributed by atoms with Gasteiger partial charge in [0.05, 0.1) is 11.1 Å². The number of aromatic amines is 1. The van der Waals surface area contributed by atoms with Gasteiger partial charge in [-0.2, -0.15) is 0 Å². The summed E-state index contributed by atoms with van der Waals surface area (Å²) in [5.41, 5.74) is 12.0. The zero-order valence-corrected chi connectivity index (χ0v) is 10.4. The molecule has 1 fully saturated rings. The van der Waals surface area contributed by atoms with Crippen LogP contribution in [0.4, 0.5) is 5.82 Å². The number of anilines is 1. The van der Waals surface area contributed by atoms with Gasteiger partial charge in [-0.15, -0.1) is 0 Å². The largest absolute Gasteiger partial charge is 0.383 e. The molecule has 0 unspecified atom stereocenters. The molecule has 1 saturated carbocycles. The number of hydrogen-bond acceptors (Lipinski definition) is 4. The maximum absolute atomic E-state index is 12.0. The minimum Gasteiger partial charge on any atom is -0.383 e. The van der Waals surface area contributed by atoms with Crippen molar-refractivity contribution in [1.82, 2.24) is 9.97 Å². The van der Waals surface area contributed by atoms with E-state index in [-0.39, 0.29) is 11.5 Å². The first-order valence-corrected chi connectivity index (χ1v) is 6.13. The summed E-state index contributed by atoms with van der Waals surface area (Å²) >= 11 is 0. The van der Waals surface area contributed by atoms with E-state index in [1.165, 1.54) is 0 Å². The van der Waals surface area contributed by atoms with Crippen LogP contribution in [0.25, 0.3) is 0 Å². The summed E-state index contributed by atoms with van der Waals surface area (Å²) in [6.07, 6.45) is 3.87. The zero-order chi connectivity index (χ0) is 12.6. The van der Waals surface area contributed by atoms with Crippen LogP contribution in [0.5, 0.6) is 0 Å². The molecule has 17 heavy (non-hydrogen) atoms. The Morgan fingerprint density at radius 2 is 1.94 bits per heavy atom. The lowest BCUT2D eigenvalue weighted by Crippen LogP contribution is -2.38. The molecule has 5 nitrogen and oxygen atoms in total. The molecular formula is C12H20N4O. The van der Waals surface area contributed by atoms with Gasteiger partial charge in [0.1, 0.15) is 11.6 Å². The summed E-state index contributed by atoms with van der Waals surface area (Å²) in [4.78, 5) is 19.1. The SMILES string of the molecule is CC(C)c1c(N)nc(C2(N)CCCC2)[nH]c1=O. The molecule has 1 heterocycles. The van der Waals surface area contributed by atoms with Gasteiger partial charge >= 0.3 is 0 Å². The molecule has 0 aromatic carbocycles. The summed E-state index contributed by atoms with van der Waals surface area (Å²) in [7, 11) is 0. The fourth-order valence-corrected chi connectivity index (χ4v) is 2.54. The predicted molar refractivity (Wildman–Crippen MR) is 67.7 cm³/mol. The van der Waals surface area contributed by atoms with Gasteiger partial charge in [0.2, 0.25) is 0 Å². The highest BCUT2D eigenvalue weighted by molar-refractivity contribution is 5.40. The molecule has 1 aromatic heterocycles. The Kier molecular flexibility index (Phi) is 2.95. The third-order valence-electron chi connectivity index (χ3n) is 3.53. The predicted octanol–water partition coefficient (Wildman–Crippen LogP) is 1.20. The highest BCUT2D eigenvalue weighted by atomic mass is 16.1. The Morgan fingerprint density at radius 3 is 2.41 bits per heavy atom. The smallest absolute Gasteiger partial charge is 0.256 e. The maximum Gasteiger partial charge on any atom is 0.256 e. The first-order valence-electron chi connectivity index (χ1n) is 6.13. The Bertz CT molecular complexity index is 472. The van der Waals surface area contributed by atoms with E-state index in [2.05, 4.69) is 9.97 Å². The van der Waals surface area contributed by atoms with E-state index in [0.29, 0.717) is 17.2 Å². The van der Waals surface area contributed by atoms with Gasteiger partial charge < -0.3 is 16.5 Å². The Balaban J connectivity index is 2.49. The van der Waals surface area contributed by atoms with E-state index in [9.17, 15) is 4.79 Å². The number of rotatable bonds is 2. The van der Waals surface area contributed by atoms with Gasteiger partial charge in [-0.1, -0.05) is 26.7 Å². The van der Waals surface area contributed by atoms with E-state index >= 15 is 0 Å². The summed E-state index contributed by atoms with van der Waals surface area (Å²) in [6.45, 7) is 3.85. The van der Waals surface area contributed by atoms with E-state index in [1.807, 2.05) is 13.8 Å². The summed E-state index contributed by atoms with van der Waals surface area (Å²) in [5.74, 6) is 0.926. The van der Waals surface area contributed by atoms with Crippen molar-refractivity contribution in [1.29, 1.82) is 0 Å². The highest BCUT2D eigenvalue weighted by Gasteiger charge is 2.34. The van der Waals surface area contributed by atoms with Crippen molar-refractivity contribution in [3.05, 3.63) is 21.7 Å². The van der Waals surface area contributed by atoms with Gasteiger partial charge in [-0.3, -0.25) is 4.79 Å². The molecule has 5 heteroatoms. The molecule has 0 aliphatic heterocycles. The van der Waals surface area contributed by atoms with Gasteiger partial charge in [0, 0.05) is 0 Å². The number of nitrogens with two attached hydrogens (primary N) is 2. The topological polar surface area (TPSA) is 97.8 Å². The first-order chi connectivity index (χ1) is 7.94. The number of H-pyrrole nitrogens is 1. The fraction of sp³-hybridized carbons (Fsp3) is 0.667. The van der Waals surface area contributed by atoms with Crippen LogP contribution in [-0.4, -0.2) is 9.97 Å². The minimum atomic E-state index is -0.497. The average molecular weight is 236 g/mol. The van der Waals surface area contributed by atoms with Crippen molar-refractivity contribution in [3.8, 4) is 0 Å². The fourth-order valence-electron chi connectivity index (χ4n) is 2.54. The van der Waals surface area contributed by atoms with E-state index in [0.717, 1.165) is 25.7 Å². The van der Waals surface area contributed by atoms with E-state index < -0.39 is 5.54 Å². The van der Waals surface area contributed by atoms with Crippen LogP contribution >= 0.6 is 0 Å². The van der Waals surface area contributed by atoms with Gasteiger partial charge in [-0.25, -0.2) is 4.98 Å². The number of nitrogen functional groups attached to an aromatic ring is 1. The number of aromatic nitrogens is 2. The van der Waals surface area contributed by atoms with Gasteiger partial charge in [0.25, 0.3) is 5.56 Å². The molecule has 1 aromatic rings. The van der Waals surface area contributed by atoms with Crippen molar-refractivity contribution in [2.45, 2.75) is 51.0 Å². The maximum atomic E-state index is 12.0. The second-order valence-electron chi connectivity index (χ2n) is 5.23. The third-order valence-corrected chi connectivity index (χ3v) is 3.53. The van der Waals surface area contributed by atoms with Crippen molar-refractivity contribution in [2.24, 2.45) is 5.73 Å².